The highest BCUT2D eigenvalue weighted by Crippen LogP contribution is 2.28. The molecule has 1 heterocycles. The molecule has 0 unspecified atom stereocenters. The van der Waals surface area contributed by atoms with Gasteiger partial charge in [-0.1, -0.05) is 26.3 Å². The number of nitrogens with zero attached hydrogens (tertiary/aromatic N) is 2. The van der Waals surface area contributed by atoms with Crippen molar-refractivity contribution in [3.05, 3.63) is 29.3 Å². The molecule has 0 aliphatic carbocycles. The molecule has 0 spiro atoms. The second kappa shape index (κ2) is 8.05. The Morgan fingerprint density at radius 1 is 1.29 bits per heavy atom. The maximum absolute atomic E-state index is 9.45. The van der Waals surface area contributed by atoms with Crippen molar-refractivity contribution >= 4 is 5.69 Å². The van der Waals surface area contributed by atoms with Crippen molar-refractivity contribution in [1.29, 1.82) is 5.26 Å². The zero-order valence-electron chi connectivity index (χ0n) is 13.4. The summed E-state index contributed by atoms with van der Waals surface area (Å²) in [4.78, 5) is 2.38. The summed E-state index contributed by atoms with van der Waals surface area (Å²) in [6, 6.07) is 8.72. The van der Waals surface area contributed by atoms with Crippen molar-refractivity contribution in [3.8, 4) is 6.07 Å². The molecular formula is C18H27N3. The number of piperidine rings is 1. The van der Waals surface area contributed by atoms with E-state index in [2.05, 4.69) is 42.3 Å². The van der Waals surface area contributed by atoms with E-state index in [1.165, 1.54) is 24.8 Å². The average Bonchev–Trinajstić information content (AvgIpc) is 2.55. The van der Waals surface area contributed by atoms with Crippen molar-refractivity contribution in [2.75, 3.05) is 24.5 Å². The van der Waals surface area contributed by atoms with Crippen molar-refractivity contribution < 1.29 is 0 Å². The molecule has 0 bridgehead atoms. The minimum atomic E-state index is 0.820. The number of rotatable bonds is 6. The van der Waals surface area contributed by atoms with Crippen LogP contribution in [-0.4, -0.2) is 19.6 Å². The van der Waals surface area contributed by atoms with E-state index >= 15 is 0 Å². The van der Waals surface area contributed by atoms with E-state index < -0.39 is 0 Å². The molecule has 0 saturated carbocycles. The molecule has 21 heavy (non-hydrogen) atoms. The Morgan fingerprint density at radius 2 is 2.05 bits per heavy atom. The van der Waals surface area contributed by atoms with Crippen LogP contribution in [0.3, 0.4) is 0 Å². The maximum Gasteiger partial charge on any atom is 0.101 e. The van der Waals surface area contributed by atoms with Crippen LogP contribution in [-0.2, 0) is 6.54 Å². The molecule has 1 fully saturated rings. The summed E-state index contributed by atoms with van der Waals surface area (Å²) in [6.07, 6.45) is 4.92. The predicted octanol–water partition coefficient (Wildman–Crippen LogP) is 3.68. The van der Waals surface area contributed by atoms with Crippen LogP contribution < -0.4 is 10.2 Å². The van der Waals surface area contributed by atoms with Gasteiger partial charge in [0.05, 0.1) is 11.3 Å². The highest BCUT2D eigenvalue weighted by Gasteiger charge is 2.20. The molecule has 2 rings (SSSR count). The molecule has 0 atom stereocenters. The highest BCUT2D eigenvalue weighted by atomic mass is 15.1. The predicted molar refractivity (Wildman–Crippen MR) is 88.4 cm³/mol. The fourth-order valence-corrected chi connectivity index (χ4v) is 3.05. The Morgan fingerprint density at radius 3 is 2.67 bits per heavy atom. The van der Waals surface area contributed by atoms with Gasteiger partial charge in [-0.2, -0.15) is 5.26 Å². The Balaban J connectivity index is 2.05. The monoisotopic (exact) mass is 285 g/mol. The van der Waals surface area contributed by atoms with E-state index in [4.69, 9.17) is 0 Å². The summed E-state index contributed by atoms with van der Waals surface area (Å²) in [5.74, 6) is 0.865. The van der Waals surface area contributed by atoms with E-state index in [1.54, 1.807) is 0 Å². The molecule has 1 aliphatic rings. The zero-order valence-corrected chi connectivity index (χ0v) is 13.4. The summed E-state index contributed by atoms with van der Waals surface area (Å²) >= 11 is 0. The molecular weight excluding hydrogens is 258 g/mol. The number of nitriles is 1. The van der Waals surface area contributed by atoms with Gasteiger partial charge in [0.1, 0.15) is 6.07 Å². The van der Waals surface area contributed by atoms with Crippen LogP contribution in [0.15, 0.2) is 18.2 Å². The Kier molecular flexibility index (Phi) is 6.07. The lowest BCUT2D eigenvalue weighted by Gasteiger charge is -2.33. The first-order valence-electron chi connectivity index (χ1n) is 8.27. The minimum absolute atomic E-state index is 0.820. The van der Waals surface area contributed by atoms with Crippen LogP contribution in [0.25, 0.3) is 0 Å². The van der Waals surface area contributed by atoms with Crippen LogP contribution in [0, 0.1) is 17.2 Å². The van der Waals surface area contributed by atoms with E-state index in [1.807, 2.05) is 6.07 Å². The lowest BCUT2D eigenvalue weighted by Crippen LogP contribution is -2.34. The standard InChI is InChI=1S/C18H27N3/c1-3-9-20-14-16-5-6-18(17(12-16)13-19)21-10-7-15(4-2)8-11-21/h5-6,12,15,20H,3-4,7-11,14H2,1-2H3. The third-order valence-electron chi connectivity index (χ3n) is 4.47. The van der Waals surface area contributed by atoms with Crippen LogP contribution in [0.4, 0.5) is 5.69 Å². The van der Waals surface area contributed by atoms with E-state index in [9.17, 15) is 5.26 Å². The second-order valence-corrected chi connectivity index (χ2v) is 5.98. The summed E-state index contributed by atoms with van der Waals surface area (Å²) in [6.45, 7) is 8.48. The molecule has 1 aromatic carbocycles. The second-order valence-electron chi connectivity index (χ2n) is 5.98. The Hall–Kier alpha value is -1.53. The van der Waals surface area contributed by atoms with Crippen molar-refractivity contribution in [2.45, 2.75) is 46.1 Å². The van der Waals surface area contributed by atoms with Gasteiger partial charge in [0.2, 0.25) is 0 Å². The fraction of sp³-hybridized carbons (Fsp3) is 0.611. The first kappa shape index (κ1) is 15.9. The van der Waals surface area contributed by atoms with Crippen LogP contribution >= 0.6 is 0 Å². The number of hydrogen-bond acceptors (Lipinski definition) is 3. The van der Waals surface area contributed by atoms with Gasteiger partial charge in [-0.3, -0.25) is 0 Å². The molecule has 114 valence electrons. The van der Waals surface area contributed by atoms with Gasteiger partial charge in [-0.05, 0) is 49.4 Å². The first-order chi connectivity index (χ1) is 10.3. The first-order valence-corrected chi connectivity index (χ1v) is 8.27. The summed E-state index contributed by atoms with van der Waals surface area (Å²) in [5, 5.41) is 12.8. The van der Waals surface area contributed by atoms with Crippen LogP contribution in [0.5, 0.6) is 0 Å². The summed E-state index contributed by atoms with van der Waals surface area (Å²) < 4.78 is 0. The topological polar surface area (TPSA) is 39.1 Å². The number of benzene rings is 1. The maximum atomic E-state index is 9.45. The highest BCUT2D eigenvalue weighted by molar-refractivity contribution is 5.60. The molecule has 1 aromatic rings. The molecule has 3 heteroatoms. The smallest absolute Gasteiger partial charge is 0.101 e. The lowest BCUT2D eigenvalue weighted by molar-refractivity contribution is 0.395. The van der Waals surface area contributed by atoms with Gasteiger partial charge in [0, 0.05) is 19.6 Å². The Bertz CT molecular complexity index is 482. The number of hydrogen-bond donors (Lipinski definition) is 1. The SMILES string of the molecule is CCCNCc1ccc(N2CCC(CC)CC2)c(C#N)c1. The lowest BCUT2D eigenvalue weighted by atomic mass is 9.93. The van der Waals surface area contributed by atoms with Gasteiger partial charge in [0.15, 0.2) is 0 Å². The van der Waals surface area contributed by atoms with E-state index in [-0.39, 0.29) is 0 Å². The van der Waals surface area contributed by atoms with E-state index in [0.717, 1.165) is 49.8 Å². The molecule has 3 nitrogen and oxygen atoms in total. The number of anilines is 1. The molecule has 0 amide bonds. The van der Waals surface area contributed by atoms with Crippen LogP contribution in [0.2, 0.25) is 0 Å². The molecule has 0 radical (unpaired) electrons. The zero-order chi connectivity index (χ0) is 15.1. The summed E-state index contributed by atoms with van der Waals surface area (Å²) in [7, 11) is 0. The minimum Gasteiger partial charge on any atom is -0.370 e. The van der Waals surface area contributed by atoms with Gasteiger partial charge in [-0.25, -0.2) is 0 Å². The van der Waals surface area contributed by atoms with Gasteiger partial charge in [0.25, 0.3) is 0 Å². The van der Waals surface area contributed by atoms with Crippen molar-refractivity contribution in [2.24, 2.45) is 5.92 Å². The van der Waals surface area contributed by atoms with Gasteiger partial charge >= 0.3 is 0 Å². The van der Waals surface area contributed by atoms with Gasteiger partial charge in [-0.15, -0.1) is 0 Å². The Labute approximate surface area is 129 Å². The molecule has 1 aliphatic heterocycles. The molecule has 0 aromatic heterocycles. The molecule has 1 saturated heterocycles. The van der Waals surface area contributed by atoms with Crippen molar-refractivity contribution in [1.82, 2.24) is 5.32 Å². The third-order valence-corrected chi connectivity index (χ3v) is 4.47. The quantitative estimate of drug-likeness (QED) is 0.810. The van der Waals surface area contributed by atoms with Gasteiger partial charge < -0.3 is 10.2 Å². The fourth-order valence-electron chi connectivity index (χ4n) is 3.05. The molecule has 1 N–H and O–H groups in total. The number of nitrogens with one attached hydrogen (secondary N) is 1. The average molecular weight is 285 g/mol. The largest absolute Gasteiger partial charge is 0.370 e. The normalized spacial score (nSPS) is 16.0. The summed E-state index contributed by atoms with van der Waals surface area (Å²) in [5.41, 5.74) is 3.14. The third kappa shape index (κ3) is 4.22. The van der Waals surface area contributed by atoms with E-state index in [0.29, 0.717) is 0 Å². The van der Waals surface area contributed by atoms with Crippen LogP contribution in [0.1, 0.15) is 50.7 Å². The van der Waals surface area contributed by atoms with Crippen molar-refractivity contribution in [3.63, 3.8) is 0 Å².